The summed E-state index contributed by atoms with van der Waals surface area (Å²) in [6.45, 7) is 5.25. The van der Waals surface area contributed by atoms with Crippen molar-refractivity contribution in [2.75, 3.05) is 6.54 Å². The highest BCUT2D eigenvalue weighted by Crippen LogP contribution is 2.27. The van der Waals surface area contributed by atoms with Crippen LogP contribution in [0.3, 0.4) is 0 Å². The molecule has 1 unspecified atom stereocenters. The molecule has 2 rings (SSSR count). The molecule has 0 fully saturated rings. The van der Waals surface area contributed by atoms with Gasteiger partial charge in [0.05, 0.1) is 15.9 Å². The first-order valence-corrected chi connectivity index (χ1v) is 8.36. The first-order chi connectivity index (χ1) is 9.17. The molecule has 19 heavy (non-hydrogen) atoms. The quantitative estimate of drug-likeness (QED) is 0.868. The molecule has 2 heterocycles. The summed E-state index contributed by atoms with van der Waals surface area (Å²) >= 11 is 5.44. The Morgan fingerprint density at radius 3 is 2.79 bits per heavy atom. The molecule has 2 aromatic rings. The number of likely N-dealkylation sites (N-methyl/N-ethyl adjacent to an activating group) is 1. The molecule has 0 amide bonds. The topological polar surface area (TPSA) is 29.9 Å². The second-order valence-corrected chi connectivity index (χ2v) is 6.13. The largest absolute Gasteiger partial charge is 0.310 e. The van der Waals surface area contributed by atoms with Crippen LogP contribution in [0.2, 0.25) is 0 Å². The third-order valence-electron chi connectivity index (χ3n) is 3.30. The van der Waals surface area contributed by atoms with E-state index in [-0.39, 0.29) is 0 Å². The van der Waals surface area contributed by atoms with Gasteiger partial charge in [0.1, 0.15) is 0 Å². The zero-order chi connectivity index (χ0) is 13.8. The lowest BCUT2D eigenvalue weighted by Crippen LogP contribution is -2.23. The molecule has 0 aliphatic rings. The number of aromatic nitrogens is 2. The predicted octanol–water partition coefficient (Wildman–Crippen LogP) is 3.70. The highest BCUT2D eigenvalue weighted by Gasteiger charge is 2.18. The fourth-order valence-electron chi connectivity index (χ4n) is 2.26. The molecule has 0 aliphatic heterocycles. The summed E-state index contributed by atoms with van der Waals surface area (Å²) in [5.41, 5.74) is 3.75. The molecular weight excluding hydrogens is 322 g/mol. The Bertz CT molecular complexity index is 519. The van der Waals surface area contributed by atoms with Crippen molar-refractivity contribution in [3.8, 4) is 0 Å². The summed E-state index contributed by atoms with van der Waals surface area (Å²) in [4.78, 5) is 0. The van der Waals surface area contributed by atoms with Crippen LogP contribution < -0.4 is 5.32 Å². The van der Waals surface area contributed by atoms with Gasteiger partial charge in [0.2, 0.25) is 0 Å². The van der Waals surface area contributed by atoms with Gasteiger partial charge in [-0.3, -0.25) is 4.68 Å². The number of hydrogen-bond donors (Lipinski definition) is 1. The van der Waals surface area contributed by atoms with Crippen molar-refractivity contribution in [2.24, 2.45) is 7.05 Å². The normalized spacial score (nSPS) is 12.8. The molecule has 0 saturated carbocycles. The monoisotopic (exact) mass is 341 g/mol. The molecule has 104 valence electrons. The molecule has 1 atom stereocenters. The molecule has 0 spiro atoms. The van der Waals surface area contributed by atoms with E-state index in [2.05, 4.69) is 57.0 Å². The average molecular weight is 342 g/mol. The van der Waals surface area contributed by atoms with Gasteiger partial charge in [0.15, 0.2) is 0 Å². The van der Waals surface area contributed by atoms with Crippen LogP contribution >= 0.6 is 27.3 Å². The SMILES string of the molecule is CCNC(Cc1c(Br)c(CC)nn1C)c1ccsc1. The Kier molecular flexibility index (Phi) is 5.19. The zero-order valence-corrected chi connectivity index (χ0v) is 14.0. The van der Waals surface area contributed by atoms with Gasteiger partial charge in [0, 0.05) is 19.5 Å². The Labute approximate surface area is 127 Å². The maximum absolute atomic E-state index is 4.57. The first-order valence-electron chi connectivity index (χ1n) is 6.63. The molecule has 0 aliphatic carbocycles. The third kappa shape index (κ3) is 3.27. The summed E-state index contributed by atoms with van der Waals surface area (Å²) in [6, 6.07) is 2.55. The van der Waals surface area contributed by atoms with E-state index in [4.69, 9.17) is 0 Å². The standard InChI is InChI=1S/C14H20BrN3S/c1-4-11-14(15)13(18(3)17-11)8-12(16-5-2)10-6-7-19-9-10/h6-7,9,12,16H,4-5,8H2,1-3H3. The lowest BCUT2D eigenvalue weighted by molar-refractivity contribution is 0.529. The minimum absolute atomic E-state index is 0.354. The molecule has 0 bridgehead atoms. The smallest absolute Gasteiger partial charge is 0.0766 e. The number of halogens is 1. The Balaban J connectivity index is 2.24. The zero-order valence-electron chi connectivity index (χ0n) is 11.6. The van der Waals surface area contributed by atoms with E-state index in [0.717, 1.165) is 29.6 Å². The minimum atomic E-state index is 0.354. The number of hydrogen-bond acceptors (Lipinski definition) is 3. The summed E-state index contributed by atoms with van der Waals surface area (Å²) in [5, 5.41) is 12.5. The second kappa shape index (κ2) is 6.68. The Morgan fingerprint density at radius 1 is 1.47 bits per heavy atom. The van der Waals surface area contributed by atoms with E-state index >= 15 is 0 Å². The van der Waals surface area contributed by atoms with Gasteiger partial charge in [0.25, 0.3) is 0 Å². The Hall–Kier alpha value is -0.650. The van der Waals surface area contributed by atoms with Crippen LogP contribution in [0.25, 0.3) is 0 Å². The van der Waals surface area contributed by atoms with Crippen molar-refractivity contribution >= 4 is 27.3 Å². The van der Waals surface area contributed by atoms with Crippen molar-refractivity contribution in [3.05, 3.63) is 38.3 Å². The van der Waals surface area contributed by atoms with Crippen LogP contribution in [0.5, 0.6) is 0 Å². The van der Waals surface area contributed by atoms with E-state index in [9.17, 15) is 0 Å². The highest BCUT2D eigenvalue weighted by molar-refractivity contribution is 9.10. The van der Waals surface area contributed by atoms with Gasteiger partial charge in [-0.2, -0.15) is 16.4 Å². The van der Waals surface area contributed by atoms with E-state index in [0.29, 0.717) is 6.04 Å². The molecule has 0 radical (unpaired) electrons. The lowest BCUT2D eigenvalue weighted by atomic mass is 10.0. The van der Waals surface area contributed by atoms with Crippen LogP contribution in [-0.2, 0) is 19.9 Å². The number of aryl methyl sites for hydroxylation is 2. The molecule has 0 saturated heterocycles. The second-order valence-electron chi connectivity index (χ2n) is 4.56. The summed E-state index contributed by atoms with van der Waals surface area (Å²) in [7, 11) is 2.02. The molecule has 5 heteroatoms. The van der Waals surface area contributed by atoms with Crippen molar-refractivity contribution in [1.29, 1.82) is 0 Å². The Morgan fingerprint density at radius 2 is 2.26 bits per heavy atom. The van der Waals surface area contributed by atoms with Crippen molar-refractivity contribution in [1.82, 2.24) is 15.1 Å². The molecular formula is C14H20BrN3S. The number of rotatable bonds is 6. The molecule has 3 nitrogen and oxygen atoms in total. The highest BCUT2D eigenvalue weighted by atomic mass is 79.9. The van der Waals surface area contributed by atoms with E-state index in [1.165, 1.54) is 11.3 Å². The summed E-state index contributed by atoms with van der Waals surface area (Å²) < 4.78 is 3.16. The van der Waals surface area contributed by atoms with E-state index in [1.807, 2.05) is 11.7 Å². The lowest BCUT2D eigenvalue weighted by Gasteiger charge is -2.17. The van der Waals surface area contributed by atoms with Gasteiger partial charge in [-0.15, -0.1) is 0 Å². The fourth-order valence-corrected chi connectivity index (χ4v) is 3.75. The van der Waals surface area contributed by atoms with Crippen LogP contribution in [0, 0.1) is 0 Å². The van der Waals surface area contributed by atoms with Crippen molar-refractivity contribution < 1.29 is 0 Å². The first kappa shape index (κ1) is 14.8. The fraction of sp³-hybridized carbons (Fsp3) is 0.500. The molecule has 2 aromatic heterocycles. The molecule has 1 N–H and O–H groups in total. The van der Waals surface area contributed by atoms with Crippen LogP contribution in [0.1, 0.15) is 36.8 Å². The van der Waals surface area contributed by atoms with E-state index in [1.54, 1.807) is 11.3 Å². The summed E-state index contributed by atoms with van der Waals surface area (Å²) in [6.07, 6.45) is 1.91. The average Bonchev–Trinajstić information content (AvgIpc) is 3.01. The maximum Gasteiger partial charge on any atom is 0.0766 e. The van der Waals surface area contributed by atoms with Gasteiger partial charge >= 0.3 is 0 Å². The number of nitrogens with zero attached hydrogens (tertiary/aromatic N) is 2. The third-order valence-corrected chi connectivity index (χ3v) is 4.91. The minimum Gasteiger partial charge on any atom is -0.310 e. The van der Waals surface area contributed by atoms with Crippen molar-refractivity contribution in [3.63, 3.8) is 0 Å². The number of thiophene rings is 1. The van der Waals surface area contributed by atoms with Crippen LogP contribution in [0.4, 0.5) is 0 Å². The maximum atomic E-state index is 4.57. The predicted molar refractivity (Wildman–Crippen MR) is 84.7 cm³/mol. The number of nitrogens with one attached hydrogen (secondary N) is 1. The van der Waals surface area contributed by atoms with Gasteiger partial charge in [-0.05, 0) is 51.3 Å². The molecule has 0 aromatic carbocycles. The van der Waals surface area contributed by atoms with Gasteiger partial charge in [-0.1, -0.05) is 13.8 Å². The van der Waals surface area contributed by atoms with Gasteiger partial charge in [-0.25, -0.2) is 0 Å². The van der Waals surface area contributed by atoms with Crippen molar-refractivity contribution in [2.45, 2.75) is 32.7 Å². The summed E-state index contributed by atoms with van der Waals surface area (Å²) in [5.74, 6) is 0. The van der Waals surface area contributed by atoms with Gasteiger partial charge < -0.3 is 5.32 Å². The van der Waals surface area contributed by atoms with Crippen LogP contribution in [-0.4, -0.2) is 16.3 Å². The van der Waals surface area contributed by atoms with E-state index < -0.39 is 0 Å². The van der Waals surface area contributed by atoms with Crippen LogP contribution in [0.15, 0.2) is 21.3 Å².